The predicted molar refractivity (Wildman–Crippen MR) is 114 cm³/mol. The molecule has 0 aliphatic rings. The number of benzene rings is 3. The first-order valence-electron chi connectivity index (χ1n) is 9.13. The van der Waals surface area contributed by atoms with Gasteiger partial charge < -0.3 is 4.57 Å². The Labute approximate surface area is 164 Å². The molecule has 136 valence electrons. The third-order valence-corrected chi connectivity index (χ3v) is 4.48. The number of rotatable bonds is 5. The lowest BCUT2D eigenvalue weighted by molar-refractivity contribution is 1.06. The van der Waals surface area contributed by atoms with Crippen molar-refractivity contribution in [1.29, 1.82) is 0 Å². The highest BCUT2D eigenvalue weighted by atomic mass is 15.2. The standard InChI is InChI=1S/C24H20N4/c1-19(20-12-14-23(15-13-20)28-17-16-25-18-28)26-27-24(21-8-4-2-5-9-21)22-10-6-3-7-11-22/h2-18H,1H3/b26-19-. The Morgan fingerprint density at radius 3 is 1.86 bits per heavy atom. The quantitative estimate of drug-likeness (QED) is 0.357. The van der Waals surface area contributed by atoms with Crippen molar-refractivity contribution in [2.75, 3.05) is 0 Å². The minimum absolute atomic E-state index is 0.857. The zero-order chi connectivity index (χ0) is 19.2. The second-order valence-corrected chi connectivity index (χ2v) is 6.38. The number of hydrogen-bond donors (Lipinski definition) is 0. The highest BCUT2D eigenvalue weighted by Crippen LogP contribution is 2.13. The van der Waals surface area contributed by atoms with E-state index in [1.165, 1.54) is 0 Å². The molecule has 0 aliphatic carbocycles. The Morgan fingerprint density at radius 1 is 0.714 bits per heavy atom. The van der Waals surface area contributed by atoms with Crippen LogP contribution < -0.4 is 0 Å². The Balaban J connectivity index is 1.66. The van der Waals surface area contributed by atoms with Crippen LogP contribution in [-0.2, 0) is 0 Å². The third-order valence-electron chi connectivity index (χ3n) is 4.48. The van der Waals surface area contributed by atoms with Crippen LogP contribution >= 0.6 is 0 Å². The average Bonchev–Trinajstić information content (AvgIpc) is 3.30. The summed E-state index contributed by atoms with van der Waals surface area (Å²) in [5.41, 5.74) is 5.90. The van der Waals surface area contributed by atoms with Crippen LogP contribution in [0.15, 0.2) is 114 Å². The molecule has 1 aromatic heterocycles. The summed E-state index contributed by atoms with van der Waals surface area (Å²) in [4.78, 5) is 4.08. The van der Waals surface area contributed by atoms with Crippen molar-refractivity contribution < 1.29 is 0 Å². The molecule has 0 radical (unpaired) electrons. The zero-order valence-electron chi connectivity index (χ0n) is 15.6. The van der Waals surface area contributed by atoms with E-state index in [1.54, 1.807) is 12.5 Å². The first-order valence-corrected chi connectivity index (χ1v) is 9.13. The Kier molecular flexibility index (Phi) is 5.20. The summed E-state index contributed by atoms with van der Waals surface area (Å²) in [5.74, 6) is 0. The summed E-state index contributed by atoms with van der Waals surface area (Å²) < 4.78 is 1.97. The molecule has 0 spiro atoms. The van der Waals surface area contributed by atoms with Crippen LogP contribution in [0.3, 0.4) is 0 Å². The largest absolute Gasteiger partial charge is 0.306 e. The maximum absolute atomic E-state index is 4.60. The molecule has 0 aliphatic heterocycles. The van der Waals surface area contributed by atoms with Gasteiger partial charge in [0.25, 0.3) is 0 Å². The van der Waals surface area contributed by atoms with Gasteiger partial charge >= 0.3 is 0 Å². The Bertz CT molecular complexity index is 1040. The van der Waals surface area contributed by atoms with E-state index in [2.05, 4.69) is 51.6 Å². The molecule has 0 unspecified atom stereocenters. The fourth-order valence-electron chi connectivity index (χ4n) is 2.94. The van der Waals surface area contributed by atoms with E-state index in [9.17, 15) is 0 Å². The summed E-state index contributed by atoms with van der Waals surface area (Å²) >= 11 is 0. The van der Waals surface area contributed by atoms with Gasteiger partial charge in [-0.1, -0.05) is 72.8 Å². The molecule has 3 aromatic carbocycles. The number of imidazole rings is 1. The molecule has 4 heteroatoms. The average molecular weight is 364 g/mol. The molecule has 0 saturated heterocycles. The lowest BCUT2D eigenvalue weighted by atomic mass is 10.0. The smallest absolute Gasteiger partial charge is 0.100 e. The zero-order valence-corrected chi connectivity index (χ0v) is 15.6. The fraction of sp³-hybridized carbons (Fsp3) is 0.0417. The summed E-state index contributed by atoms with van der Waals surface area (Å²) in [6.45, 7) is 1.98. The minimum atomic E-state index is 0.857. The van der Waals surface area contributed by atoms with E-state index in [0.29, 0.717) is 0 Å². The molecule has 4 aromatic rings. The van der Waals surface area contributed by atoms with Gasteiger partial charge in [0.05, 0.1) is 12.0 Å². The van der Waals surface area contributed by atoms with Crippen LogP contribution in [-0.4, -0.2) is 21.0 Å². The van der Waals surface area contributed by atoms with E-state index in [0.717, 1.165) is 33.8 Å². The lowest BCUT2D eigenvalue weighted by Crippen LogP contribution is -2.03. The number of aromatic nitrogens is 2. The topological polar surface area (TPSA) is 42.5 Å². The molecule has 0 fully saturated rings. The summed E-state index contributed by atoms with van der Waals surface area (Å²) in [7, 11) is 0. The van der Waals surface area contributed by atoms with Crippen LogP contribution in [0.2, 0.25) is 0 Å². The van der Waals surface area contributed by atoms with Crippen molar-refractivity contribution in [1.82, 2.24) is 9.55 Å². The van der Waals surface area contributed by atoms with Gasteiger partial charge in [-0.2, -0.15) is 5.10 Å². The van der Waals surface area contributed by atoms with E-state index >= 15 is 0 Å². The second kappa shape index (κ2) is 8.27. The van der Waals surface area contributed by atoms with E-state index in [-0.39, 0.29) is 0 Å². The van der Waals surface area contributed by atoms with Crippen LogP contribution in [0.4, 0.5) is 0 Å². The van der Waals surface area contributed by atoms with E-state index in [4.69, 9.17) is 0 Å². The van der Waals surface area contributed by atoms with Gasteiger partial charge in [-0.15, -0.1) is 5.10 Å². The first-order chi connectivity index (χ1) is 13.8. The van der Waals surface area contributed by atoms with Crippen molar-refractivity contribution in [3.05, 3.63) is 120 Å². The van der Waals surface area contributed by atoms with Crippen molar-refractivity contribution >= 4 is 11.4 Å². The van der Waals surface area contributed by atoms with E-state index < -0.39 is 0 Å². The number of nitrogens with zero attached hydrogens (tertiary/aromatic N) is 4. The van der Waals surface area contributed by atoms with Gasteiger partial charge in [0.2, 0.25) is 0 Å². The molecular weight excluding hydrogens is 344 g/mol. The maximum Gasteiger partial charge on any atom is 0.100 e. The van der Waals surface area contributed by atoms with Gasteiger partial charge in [0, 0.05) is 29.2 Å². The fourth-order valence-corrected chi connectivity index (χ4v) is 2.94. The molecule has 1 heterocycles. The minimum Gasteiger partial charge on any atom is -0.306 e. The monoisotopic (exact) mass is 364 g/mol. The summed E-state index contributed by atoms with van der Waals surface area (Å²) in [6, 6.07) is 28.5. The molecule has 0 saturated carbocycles. The first kappa shape index (κ1) is 17.6. The maximum atomic E-state index is 4.60. The number of hydrogen-bond acceptors (Lipinski definition) is 3. The Hall–Kier alpha value is -3.79. The SMILES string of the molecule is C/C(=N/N=C(c1ccccc1)c1ccccc1)c1ccc(-n2ccnc2)cc1. The summed E-state index contributed by atoms with van der Waals surface area (Å²) in [6.07, 6.45) is 5.47. The molecule has 28 heavy (non-hydrogen) atoms. The molecule has 4 nitrogen and oxygen atoms in total. The third kappa shape index (κ3) is 3.96. The van der Waals surface area contributed by atoms with Gasteiger partial charge in [0.15, 0.2) is 0 Å². The van der Waals surface area contributed by atoms with Crippen molar-refractivity contribution in [2.24, 2.45) is 10.2 Å². The van der Waals surface area contributed by atoms with Crippen LogP contribution in [0.5, 0.6) is 0 Å². The molecule has 0 atom stereocenters. The lowest BCUT2D eigenvalue weighted by Gasteiger charge is -2.06. The van der Waals surface area contributed by atoms with Crippen LogP contribution in [0.25, 0.3) is 5.69 Å². The van der Waals surface area contributed by atoms with Crippen molar-refractivity contribution in [2.45, 2.75) is 6.92 Å². The molecular formula is C24H20N4. The van der Waals surface area contributed by atoms with E-state index in [1.807, 2.05) is 66.2 Å². The highest BCUT2D eigenvalue weighted by molar-refractivity contribution is 6.13. The Morgan fingerprint density at radius 2 is 1.32 bits per heavy atom. The normalized spacial score (nSPS) is 11.2. The van der Waals surface area contributed by atoms with Crippen molar-refractivity contribution in [3.8, 4) is 5.69 Å². The predicted octanol–water partition coefficient (Wildman–Crippen LogP) is 5.13. The van der Waals surface area contributed by atoms with Gasteiger partial charge in [-0.05, 0) is 24.6 Å². The van der Waals surface area contributed by atoms with Gasteiger partial charge in [-0.25, -0.2) is 4.98 Å². The summed E-state index contributed by atoms with van der Waals surface area (Å²) in [5, 5.41) is 9.13. The van der Waals surface area contributed by atoms with Crippen molar-refractivity contribution in [3.63, 3.8) is 0 Å². The van der Waals surface area contributed by atoms with Crippen LogP contribution in [0, 0.1) is 0 Å². The van der Waals surface area contributed by atoms with Crippen LogP contribution in [0.1, 0.15) is 23.6 Å². The molecule has 0 bridgehead atoms. The molecule has 0 N–H and O–H groups in total. The van der Waals surface area contributed by atoms with Gasteiger partial charge in [-0.3, -0.25) is 0 Å². The molecule has 4 rings (SSSR count). The highest BCUT2D eigenvalue weighted by Gasteiger charge is 2.06. The van der Waals surface area contributed by atoms with Gasteiger partial charge in [0.1, 0.15) is 5.71 Å². The molecule has 0 amide bonds. The second-order valence-electron chi connectivity index (χ2n) is 6.38.